The molecular weight excluding hydrogens is 416 g/mol. The van der Waals surface area contributed by atoms with E-state index in [0.717, 1.165) is 48.6 Å². The van der Waals surface area contributed by atoms with E-state index in [4.69, 9.17) is 21.1 Å². The van der Waals surface area contributed by atoms with E-state index in [9.17, 15) is 9.59 Å². The Kier molecular flexibility index (Phi) is 10.7. The van der Waals surface area contributed by atoms with Crippen LogP contribution < -0.4 is 14.8 Å². The standard InChI is InChI=1S/C12H16ClNO2.C12H15NO2/c1-16-11-6-4-10(5-7-11)9-14-12(15)3-2-8-13;1-15-11-6-4-10(5-7-11)9-13-8-2-3-12(13)14/h4-7H,2-3,8-9H2,1H3,(H,14,15);4-7H,2-3,8-9H2,1H3. The maximum Gasteiger partial charge on any atom is 0.222 e. The number of likely N-dealkylation sites (tertiary alicyclic amines) is 1. The molecule has 0 aromatic heterocycles. The van der Waals surface area contributed by atoms with Crippen molar-refractivity contribution in [2.75, 3.05) is 26.6 Å². The molecule has 1 aliphatic rings. The Morgan fingerprint density at radius 3 is 2.06 bits per heavy atom. The highest BCUT2D eigenvalue weighted by molar-refractivity contribution is 6.17. The van der Waals surface area contributed by atoms with Crippen LogP contribution in [0.15, 0.2) is 48.5 Å². The zero-order valence-electron chi connectivity index (χ0n) is 18.2. The lowest BCUT2D eigenvalue weighted by Crippen LogP contribution is -2.23. The summed E-state index contributed by atoms with van der Waals surface area (Å²) in [5.41, 5.74) is 2.21. The van der Waals surface area contributed by atoms with E-state index in [2.05, 4.69) is 5.32 Å². The van der Waals surface area contributed by atoms with Crippen LogP contribution in [0.4, 0.5) is 0 Å². The molecular formula is C24H31ClN2O4. The summed E-state index contributed by atoms with van der Waals surface area (Å²) in [7, 11) is 3.28. The molecule has 7 heteroatoms. The minimum atomic E-state index is 0.0384. The first-order valence-electron chi connectivity index (χ1n) is 10.4. The second-order valence-electron chi connectivity index (χ2n) is 7.18. The number of hydrogen-bond acceptors (Lipinski definition) is 4. The highest BCUT2D eigenvalue weighted by Gasteiger charge is 2.19. The van der Waals surface area contributed by atoms with E-state index >= 15 is 0 Å². The van der Waals surface area contributed by atoms with Gasteiger partial charge in [-0.1, -0.05) is 24.3 Å². The number of amides is 2. The molecule has 1 saturated heterocycles. The summed E-state index contributed by atoms with van der Waals surface area (Å²) in [5.74, 6) is 2.50. The molecule has 6 nitrogen and oxygen atoms in total. The Labute approximate surface area is 189 Å². The first-order chi connectivity index (χ1) is 15.0. The largest absolute Gasteiger partial charge is 0.497 e. The number of benzene rings is 2. The van der Waals surface area contributed by atoms with E-state index < -0.39 is 0 Å². The van der Waals surface area contributed by atoms with Crippen molar-refractivity contribution in [3.05, 3.63) is 59.7 Å². The number of nitrogens with zero attached hydrogens (tertiary/aromatic N) is 1. The number of halogens is 1. The monoisotopic (exact) mass is 446 g/mol. The number of methoxy groups -OCH3 is 2. The van der Waals surface area contributed by atoms with Crippen LogP contribution in [0, 0.1) is 0 Å². The SMILES string of the molecule is COc1ccc(CN2CCCC2=O)cc1.COc1ccc(CNC(=O)CCCCl)cc1. The maximum atomic E-state index is 11.4. The molecule has 0 atom stereocenters. The molecule has 0 unspecified atom stereocenters. The van der Waals surface area contributed by atoms with Crippen molar-refractivity contribution < 1.29 is 19.1 Å². The predicted octanol–water partition coefficient (Wildman–Crippen LogP) is 4.15. The van der Waals surface area contributed by atoms with Crippen molar-refractivity contribution >= 4 is 23.4 Å². The molecule has 0 aliphatic carbocycles. The molecule has 0 spiro atoms. The molecule has 168 valence electrons. The fourth-order valence-corrected chi connectivity index (χ4v) is 3.22. The molecule has 2 aromatic rings. The Morgan fingerprint density at radius 1 is 1.00 bits per heavy atom. The number of carbonyl (C=O) groups is 2. The van der Waals surface area contributed by atoms with Gasteiger partial charge in [0.15, 0.2) is 0 Å². The summed E-state index contributed by atoms with van der Waals surface area (Å²) >= 11 is 5.50. The third-order valence-corrected chi connectivity index (χ3v) is 5.16. The topological polar surface area (TPSA) is 67.9 Å². The number of ether oxygens (including phenoxy) is 2. The van der Waals surface area contributed by atoms with Crippen molar-refractivity contribution in [3.63, 3.8) is 0 Å². The summed E-state index contributed by atoms with van der Waals surface area (Å²) in [6.45, 7) is 2.17. The number of nitrogens with one attached hydrogen (secondary N) is 1. The molecule has 3 rings (SSSR count). The zero-order valence-corrected chi connectivity index (χ0v) is 19.0. The van der Waals surface area contributed by atoms with Gasteiger partial charge in [0.05, 0.1) is 14.2 Å². The Bertz CT molecular complexity index is 809. The average molecular weight is 447 g/mol. The molecule has 1 aliphatic heterocycles. The van der Waals surface area contributed by atoms with E-state index in [0.29, 0.717) is 25.3 Å². The van der Waals surface area contributed by atoms with Gasteiger partial charge in [-0.15, -0.1) is 11.6 Å². The number of rotatable bonds is 9. The fraction of sp³-hybridized carbons (Fsp3) is 0.417. The highest BCUT2D eigenvalue weighted by Crippen LogP contribution is 2.17. The van der Waals surface area contributed by atoms with Gasteiger partial charge in [0, 0.05) is 38.4 Å². The number of alkyl halides is 1. The van der Waals surface area contributed by atoms with Gasteiger partial charge in [0.2, 0.25) is 11.8 Å². The van der Waals surface area contributed by atoms with Gasteiger partial charge < -0.3 is 19.7 Å². The summed E-state index contributed by atoms with van der Waals surface area (Å²) in [4.78, 5) is 24.6. The van der Waals surface area contributed by atoms with E-state index in [1.807, 2.05) is 53.4 Å². The summed E-state index contributed by atoms with van der Waals surface area (Å²) < 4.78 is 10.1. The zero-order chi connectivity index (χ0) is 22.5. The van der Waals surface area contributed by atoms with Crippen LogP contribution in [-0.4, -0.2) is 43.4 Å². The van der Waals surface area contributed by atoms with E-state index in [-0.39, 0.29) is 11.8 Å². The molecule has 31 heavy (non-hydrogen) atoms. The Hall–Kier alpha value is -2.73. The quantitative estimate of drug-likeness (QED) is 0.587. The first-order valence-corrected chi connectivity index (χ1v) is 11.0. The maximum absolute atomic E-state index is 11.4. The van der Waals surface area contributed by atoms with Gasteiger partial charge in [-0.3, -0.25) is 9.59 Å². The number of hydrogen-bond donors (Lipinski definition) is 1. The van der Waals surface area contributed by atoms with Crippen molar-refractivity contribution in [1.29, 1.82) is 0 Å². The third kappa shape index (κ3) is 8.89. The molecule has 0 bridgehead atoms. The van der Waals surface area contributed by atoms with Crippen LogP contribution >= 0.6 is 11.6 Å². The van der Waals surface area contributed by atoms with E-state index in [1.165, 1.54) is 0 Å². The second-order valence-corrected chi connectivity index (χ2v) is 7.56. The van der Waals surface area contributed by atoms with Gasteiger partial charge in [-0.2, -0.15) is 0 Å². The van der Waals surface area contributed by atoms with Crippen LogP contribution in [-0.2, 0) is 22.7 Å². The van der Waals surface area contributed by atoms with Crippen LogP contribution in [0.25, 0.3) is 0 Å². The van der Waals surface area contributed by atoms with Crippen LogP contribution in [0.1, 0.15) is 36.8 Å². The van der Waals surface area contributed by atoms with Crippen molar-refractivity contribution in [2.45, 2.75) is 38.8 Å². The first kappa shape index (κ1) is 24.5. The lowest BCUT2D eigenvalue weighted by atomic mass is 10.2. The predicted molar refractivity (Wildman–Crippen MR) is 122 cm³/mol. The van der Waals surface area contributed by atoms with Crippen LogP contribution in [0.5, 0.6) is 11.5 Å². The fourth-order valence-electron chi connectivity index (χ4n) is 3.08. The molecule has 2 amide bonds. The minimum absolute atomic E-state index is 0.0384. The second kappa shape index (κ2) is 13.5. The Balaban J connectivity index is 0.000000220. The van der Waals surface area contributed by atoms with E-state index in [1.54, 1.807) is 14.2 Å². The van der Waals surface area contributed by atoms with Crippen molar-refractivity contribution in [1.82, 2.24) is 10.2 Å². The smallest absolute Gasteiger partial charge is 0.222 e. The molecule has 1 fully saturated rings. The van der Waals surface area contributed by atoms with Crippen LogP contribution in [0.3, 0.4) is 0 Å². The number of carbonyl (C=O) groups excluding carboxylic acids is 2. The summed E-state index contributed by atoms with van der Waals surface area (Å²) in [6, 6.07) is 15.5. The molecule has 0 saturated carbocycles. The van der Waals surface area contributed by atoms with Gasteiger partial charge in [-0.25, -0.2) is 0 Å². The van der Waals surface area contributed by atoms with Gasteiger partial charge >= 0.3 is 0 Å². The van der Waals surface area contributed by atoms with Gasteiger partial charge in [0.25, 0.3) is 0 Å². The normalized spacial score (nSPS) is 12.7. The Morgan fingerprint density at radius 2 is 1.58 bits per heavy atom. The summed E-state index contributed by atoms with van der Waals surface area (Å²) in [6.07, 6.45) is 2.90. The lowest BCUT2D eigenvalue weighted by molar-refractivity contribution is -0.128. The molecule has 1 N–H and O–H groups in total. The molecule has 1 heterocycles. The molecule has 0 radical (unpaired) electrons. The lowest BCUT2D eigenvalue weighted by Gasteiger charge is -2.15. The average Bonchev–Trinajstić information content (AvgIpc) is 3.21. The van der Waals surface area contributed by atoms with Crippen molar-refractivity contribution in [2.24, 2.45) is 0 Å². The van der Waals surface area contributed by atoms with Crippen molar-refractivity contribution in [3.8, 4) is 11.5 Å². The highest BCUT2D eigenvalue weighted by atomic mass is 35.5. The summed E-state index contributed by atoms with van der Waals surface area (Å²) in [5, 5.41) is 2.83. The van der Waals surface area contributed by atoms with Crippen LogP contribution in [0.2, 0.25) is 0 Å². The van der Waals surface area contributed by atoms with Gasteiger partial charge in [-0.05, 0) is 48.2 Å². The van der Waals surface area contributed by atoms with Gasteiger partial charge in [0.1, 0.15) is 11.5 Å². The third-order valence-electron chi connectivity index (χ3n) is 4.89. The minimum Gasteiger partial charge on any atom is -0.497 e. The molecule has 2 aromatic carbocycles.